The molecular formula is C52H63NO14. The summed E-state index contributed by atoms with van der Waals surface area (Å²) in [6.07, 6.45) is -8.66. The molecule has 3 aliphatic carbocycles. The Bertz CT molecular complexity index is 2380. The molecule has 3 aromatic carbocycles. The average molecular weight is 926 g/mol. The maximum Gasteiger partial charge on any atom is 0.413 e. The van der Waals surface area contributed by atoms with Crippen LogP contribution in [-0.2, 0) is 42.7 Å². The number of methoxy groups -OCH3 is 3. The van der Waals surface area contributed by atoms with E-state index in [1.165, 1.54) is 19.1 Å². The molecule has 0 spiro atoms. The lowest BCUT2D eigenvalue weighted by Gasteiger charge is -2.67. The lowest BCUT2D eigenvalue weighted by Crippen LogP contribution is -2.81. The summed E-state index contributed by atoms with van der Waals surface area (Å²) in [6, 6.07) is 23.4. The van der Waals surface area contributed by atoms with Crippen LogP contribution in [0.25, 0.3) is 0 Å². The van der Waals surface area contributed by atoms with Crippen molar-refractivity contribution in [2.24, 2.45) is 16.7 Å². The molecular weight excluding hydrogens is 863 g/mol. The number of hydrogen-bond acceptors (Lipinski definition) is 14. The summed E-state index contributed by atoms with van der Waals surface area (Å²) >= 11 is 0. The van der Waals surface area contributed by atoms with Crippen molar-refractivity contribution >= 4 is 23.6 Å². The van der Waals surface area contributed by atoms with Crippen molar-refractivity contribution in [1.82, 2.24) is 4.90 Å². The van der Waals surface area contributed by atoms with Crippen LogP contribution in [0.2, 0.25) is 0 Å². The molecule has 0 aromatic heterocycles. The van der Waals surface area contributed by atoms with Crippen LogP contribution in [0.4, 0.5) is 4.79 Å². The molecule has 2 saturated heterocycles. The van der Waals surface area contributed by atoms with Gasteiger partial charge in [-0.3, -0.25) is 14.5 Å². The molecule has 2 aliphatic heterocycles. The molecule has 12 atom stereocenters. The number of benzene rings is 3. The highest BCUT2D eigenvalue weighted by molar-refractivity contribution is 5.94. The molecule has 67 heavy (non-hydrogen) atoms. The van der Waals surface area contributed by atoms with Crippen LogP contribution in [0, 0.1) is 16.7 Å². The standard InChI is InChI=1S/C52H63NO14/c1-29-35(63-27-34(54)40-39(30-17-13-11-14-18-30)53(47(57)67-48(2,3)4)45(65-40)31-21-23-33(60-8)24-22-31)26-52(59)44(66-46(56)32-19-15-12-16-20-32)42-50(7,36(61-9)25-37-51(42,58)28-64-37)43(55)41(62-10)38(29)49(52,5)6/h11-24,35-37,39-42,44-45,58-59H,25-28H2,1-10H3/t35-,36-,37+,39-,40?,41+,42?,44-,45?,50+,51-,52+/m0/s1. The number of Topliss-reactive ketones (excluding diaryl/α,β-unsaturated/α-hetero) is 2. The molecule has 2 saturated carbocycles. The van der Waals surface area contributed by atoms with E-state index in [9.17, 15) is 24.6 Å². The van der Waals surface area contributed by atoms with Gasteiger partial charge in [0.1, 0.15) is 47.5 Å². The van der Waals surface area contributed by atoms with Gasteiger partial charge < -0.3 is 48.1 Å². The Balaban J connectivity index is 1.21. The van der Waals surface area contributed by atoms with Gasteiger partial charge in [0.05, 0.1) is 49.0 Å². The molecule has 0 radical (unpaired) electrons. The molecule has 3 aromatic rings. The van der Waals surface area contributed by atoms with Gasteiger partial charge in [-0.15, -0.1) is 0 Å². The van der Waals surface area contributed by atoms with Gasteiger partial charge in [-0.25, -0.2) is 9.59 Å². The lowest BCUT2D eigenvalue weighted by molar-refractivity contribution is -0.345. The van der Waals surface area contributed by atoms with Gasteiger partial charge >= 0.3 is 12.1 Å². The zero-order chi connectivity index (χ0) is 48.4. The highest BCUT2D eigenvalue weighted by Gasteiger charge is 2.76. The highest BCUT2D eigenvalue weighted by atomic mass is 16.6. The van der Waals surface area contributed by atoms with Crippen LogP contribution < -0.4 is 4.74 Å². The molecule has 8 rings (SSSR count). The molecule has 15 nitrogen and oxygen atoms in total. The second-order valence-corrected chi connectivity index (χ2v) is 20.2. The van der Waals surface area contributed by atoms with E-state index >= 15 is 4.79 Å². The fraction of sp³-hybridized carbons (Fsp3) is 0.538. The number of ketones is 2. The van der Waals surface area contributed by atoms with Crippen LogP contribution in [-0.4, -0.2) is 127 Å². The number of rotatable bonds is 11. The minimum absolute atomic E-state index is 0.160. The third-order valence-electron chi connectivity index (χ3n) is 15.1. The van der Waals surface area contributed by atoms with E-state index in [0.717, 1.165) is 0 Å². The Morgan fingerprint density at radius 2 is 1.51 bits per heavy atom. The monoisotopic (exact) mass is 925 g/mol. The molecule has 15 heteroatoms. The van der Waals surface area contributed by atoms with Gasteiger partial charge in [0.2, 0.25) is 0 Å². The first-order valence-corrected chi connectivity index (χ1v) is 22.8. The van der Waals surface area contributed by atoms with E-state index in [1.54, 1.807) is 122 Å². The number of fused-ring (bicyclic) bond motifs is 5. The Morgan fingerprint density at radius 1 is 0.866 bits per heavy atom. The normalized spacial score (nSPS) is 34.5. The Hall–Kier alpha value is -5.00. The first kappa shape index (κ1) is 48.5. The zero-order valence-electron chi connectivity index (χ0n) is 39.8. The smallest absolute Gasteiger partial charge is 0.413 e. The third-order valence-corrected chi connectivity index (χ3v) is 15.1. The maximum atomic E-state index is 15.5. The molecule has 2 N–H and O–H groups in total. The van der Waals surface area contributed by atoms with Crippen molar-refractivity contribution in [3.8, 4) is 5.75 Å². The fourth-order valence-electron chi connectivity index (χ4n) is 11.5. The van der Waals surface area contributed by atoms with E-state index < -0.39 is 113 Å². The predicted molar refractivity (Wildman–Crippen MR) is 242 cm³/mol. The number of aliphatic hydroxyl groups is 2. The van der Waals surface area contributed by atoms with E-state index in [4.69, 9.17) is 37.9 Å². The molecule has 3 unspecified atom stereocenters. The van der Waals surface area contributed by atoms with Gasteiger partial charge in [0.15, 0.2) is 17.8 Å². The largest absolute Gasteiger partial charge is 0.497 e. The summed E-state index contributed by atoms with van der Waals surface area (Å²) < 4.78 is 49.2. The van der Waals surface area contributed by atoms with Gasteiger partial charge in [-0.05, 0) is 75.6 Å². The first-order valence-electron chi connectivity index (χ1n) is 22.8. The van der Waals surface area contributed by atoms with Crippen molar-refractivity contribution in [2.75, 3.05) is 34.5 Å². The van der Waals surface area contributed by atoms with Crippen LogP contribution in [0.3, 0.4) is 0 Å². The lowest BCUT2D eigenvalue weighted by atomic mass is 9.44. The van der Waals surface area contributed by atoms with Crippen molar-refractivity contribution in [3.63, 3.8) is 0 Å². The molecule has 1 amide bonds. The van der Waals surface area contributed by atoms with E-state index in [2.05, 4.69) is 0 Å². The quantitative estimate of drug-likeness (QED) is 0.157. The number of ether oxygens (including phenoxy) is 8. The second-order valence-electron chi connectivity index (χ2n) is 20.2. The van der Waals surface area contributed by atoms with Gasteiger partial charge in [-0.2, -0.15) is 0 Å². The molecule has 5 aliphatic rings. The number of amides is 1. The number of nitrogens with zero attached hydrogens (tertiary/aromatic N) is 1. The van der Waals surface area contributed by atoms with Crippen molar-refractivity contribution in [2.45, 2.75) is 127 Å². The van der Waals surface area contributed by atoms with Crippen molar-refractivity contribution in [1.29, 1.82) is 0 Å². The Labute approximate surface area is 391 Å². The minimum Gasteiger partial charge on any atom is -0.497 e. The number of esters is 1. The molecule has 360 valence electrons. The first-order chi connectivity index (χ1) is 31.7. The second kappa shape index (κ2) is 17.8. The SMILES string of the molecule is COc1ccc(C2OC(C(=O)CO[C@H]3C[C@@]4(O)[C@@H](OC(=O)c5ccccc5)C5[C@]6(O)CO[C@@H]6C[C@H](OC)[C@@]5(C)C(=O)[C@H](OC)C(=C3C)C4(C)C)[C@H](c3ccccc3)N2C(=O)OC(C)(C)C)cc1. The fourth-order valence-corrected chi connectivity index (χ4v) is 11.5. The van der Waals surface area contributed by atoms with E-state index in [1.807, 2.05) is 18.2 Å². The topological polar surface area (TPSA) is 186 Å². The summed E-state index contributed by atoms with van der Waals surface area (Å²) in [6.45, 7) is 11.5. The Morgan fingerprint density at radius 3 is 2.07 bits per heavy atom. The van der Waals surface area contributed by atoms with Gasteiger partial charge in [-0.1, -0.05) is 74.5 Å². The minimum atomic E-state index is -2.09. The van der Waals surface area contributed by atoms with Crippen LogP contribution >= 0.6 is 0 Å². The number of hydrogen-bond donors (Lipinski definition) is 2. The van der Waals surface area contributed by atoms with E-state index in [0.29, 0.717) is 28.0 Å². The van der Waals surface area contributed by atoms with Gasteiger partial charge in [0, 0.05) is 44.0 Å². The zero-order valence-corrected chi connectivity index (χ0v) is 39.8. The summed E-state index contributed by atoms with van der Waals surface area (Å²) in [5.74, 6) is -2.43. The molecule has 2 bridgehead atoms. The molecule has 4 fully saturated rings. The highest BCUT2D eigenvalue weighted by Crippen LogP contribution is 2.64. The Kier molecular flexibility index (Phi) is 12.9. The van der Waals surface area contributed by atoms with Gasteiger partial charge in [0.25, 0.3) is 0 Å². The number of carbonyl (C=O) groups excluding carboxylic acids is 4. The summed E-state index contributed by atoms with van der Waals surface area (Å²) in [4.78, 5) is 60.4. The third kappa shape index (κ3) is 7.99. The van der Waals surface area contributed by atoms with Crippen molar-refractivity contribution < 1.29 is 67.3 Å². The van der Waals surface area contributed by atoms with Crippen molar-refractivity contribution in [3.05, 3.63) is 113 Å². The van der Waals surface area contributed by atoms with E-state index in [-0.39, 0.29) is 25.0 Å². The maximum absolute atomic E-state index is 15.5. The van der Waals surface area contributed by atoms with Crippen LogP contribution in [0.15, 0.2) is 96.1 Å². The van der Waals surface area contributed by atoms with Crippen LogP contribution in [0.1, 0.15) is 95.1 Å². The molecule has 2 heterocycles. The summed E-state index contributed by atoms with van der Waals surface area (Å²) in [7, 11) is 4.43. The predicted octanol–water partition coefficient (Wildman–Crippen LogP) is 6.50. The summed E-state index contributed by atoms with van der Waals surface area (Å²) in [5, 5.41) is 26.5. The average Bonchev–Trinajstić information content (AvgIpc) is 3.71. The van der Waals surface area contributed by atoms with Crippen LogP contribution in [0.5, 0.6) is 5.75 Å². The summed E-state index contributed by atoms with van der Waals surface area (Å²) in [5.41, 5.74) is -5.38. The number of carbonyl (C=O) groups is 4.